The van der Waals surface area contributed by atoms with Gasteiger partial charge in [-0.15, -0.1) is 0 Å². The first kappa shape index (κ1) is 48.7. The van der Waals surface area contributed by atoms with Gasteiger partial charge in [0.2, 0.25) is 0 Å². The van der Waals surface area contributed by atoms with Crippen molar-refractivity contribution < 1.29 is 43.9 Å². The average Bonchev–Trinajstić information content (AvgIpc) is 3.03. The van der Waals surface area contributed by atoms with Gasteiger partial charge < -0.3 is 39.6 Å². The molecule has 1 aromatic carbocycles. The smallest absolute Gasteiger partial charge is 0.337 e. The van der Waals surface area contributed by atoms with E-state index in [0.717, 1.165) is 12.8 Å². The minimum atomic E-state index is -2.55. The van der Waals surface area contributed by atoms with Crippen LogP contribution in [0, 0.1) is 12.3 Å². The van der Waals surface area contributed by atoms with Gasteiger partial charge in [-0.1, -0.05) is 149 Å². The second-order valence-electron chi connectivity index (χ2n) is 15.8. The summed E-state index contributed by atoms with van der Waals surface area (Å²) in [6, 6.07) is 4.87. The molecule has 0 aliphatic rings. The Morgan fingerprint density at radius 3 is 1.14 bits per heavy atom. The number of aliphatic hydroxyl groups excluding tert-OH is 4. The normalized spacial score (nSPS) is 13.1. The van der Waals surface area contributed by atoms with Crippen molar-refractivity contribution in [1.82, 2.24) is 0 Å². The molecule has 0 fully saturated rings. The van der Waals surface area contributed by atoms with Crippen LogP contribution in [0.1, 0.15) is 167 Å². The van der Waals surface area contributed by atoms with Gasteiger partial charge in [-0.2, -0.15) is 0 Å². The Morgan fingerprint density at radius 2 is 0.857 bits per heavy atom. The maximum absolute atomic E-state index is 9.27. The Kier molecular flexibility index (Phi) is 27.2. The Hall–Kier alpha value is -0.280. The zero-order valence-corrected chi connectivity index (χ0v) is 33.8. The van der Waals surface area contributed by atoms with E-state index in [2.05, 4.69) is 64.9 Å². The first-order valence-corrected chi connectivity index (χ1v) is 20.9. The molecule has 11 heteroatoms. The highest BCUT2D eigenvalue weighted by molar-refractivity contribution is 7.54. The van der Waals surface area contributed by atoms with Crippen molar-refractivity contribution in [2.45, 2.75) is 168 Å². The SMILES string of the molecule is Cc1cc(C(C)(C)C)c(CCCCCCCCCCCCCCCCCCOP(O)OP(O)O)c(C(C)(C)C)c1.OCC(CO)(CO)CO. The summed E-state index contributed by atoms with van der Waals surface area (Å²) in [5.74, 6) is 0. The summed E-state index contributed by atoms with van der Waals surface area (Å²) in [7, 11) is -4.70. The molecule has 9 nitrogen and oxygen atoms in total. The third-order valence-electron chi connectivity index (χ3n) is 9.02. The van der Waals surface area contributed by atoms with Gasteiger partial charge in [-0.25, -0.2) is 4.31 Å². The van der Waals surface area contributed by atoms with Crippen molar-refractivity contribution in [2.75, 3.05) is 33.0 Å². The van der Waals surface area contributed by atoms with Gasteiger partial charge in [0.1, 0.15) is 0 Å². The highest BCUT2D eigenvalue weighted by Gasteiger charge is 2.27. The molecule has 49 heavy (non-hydrogen) atoms. The number of benzene rings is 1. The van der Waals surface area contributed by atoms with Crippen molar-refractivity contribution in [3.63, 3.8) is 0 Å². The van der Waals surface area contributed by atoms with Gasteiger partial charge in [0.05, 0.1) is 38.4 Å². The fraction of sp³-hybridized carbons (Fsp3) is 0.842. The lowest BCUT2D eigenvalue weighted by Crippen LogP contribution is -2.37. The lowest BCUT2D eigenvalue weighted by atomic mass is 9.74. The maximum Gasteiger partial charge on any atom is 0.337 e. The number of aryl methyl sites for hydroxylation is 1. The van der Waals surface area contributed by atoms with Crippen LogP contribution in [-0.2, 0) is 26.1 Å². The molecule has 0 saturated carbocycles. The van der Waals surface area contributed by atoms with Gasteiger partial charge in [0, 0.05) is 0 Å². The summed E-state index contributed by atoms with van der Waals surface area (Å²) in [6.45, 7) is 15.2. The van der Waals surface area contributed by atoms with Gasteiger partial charge in [-0.3, -0.25) is 0 Å². The van der Waals surface area contributed by atoms with Crippen LogP contribution in [0.15, 0.2) is 12.1 Å². The molecule has 0 amide bonds. The summed E-state index contributed by atoms with van der Waals surface area (Å²) >= 11 is 0. The van der Waals surface area contributed by atoms with Gasteiger partial charge in [0.15, 0.2) is 0 Å². The van der Waals surface area contributed by atoms with Crippen LogP contribution in [-0.4, -0.2) is 68.1 Å². The molecule has 1 rings (SSSR count). The summed E-state index contributed by atoms with van der Waals surface area (Å²) in [4.78, 5) is 26.5. The second-order valence-corrected chi connectivity index (χ2v) is 17.7. The van der Waals surface area contributed by atoms with E-state index >= 15 is 0 Å². The van der Waals surface area contributed by atoms with Crippen molar-refractivity contribution in [3.8, 4) is 0 Å². The standard InChI is InChI=1S/C33H62O5P2.C5H12O4/c1-28-26-30(32(2,3)4)29(31(27-28)33(5,6)7)24-22-20-18-16-14-12-10-8-9-11-13-15-17-19-21-23-25-37-40(36)38-39(34)35;6-1-5(2-7,3-8)4-9/h26-27,34-36H,8-25H2,1-7H3;6-9H,1-4H2. The van der Waals surface area contributed by atoms with E-state index in [1.54, 1.807) is 16.7 Å². The maximum atomic E-state index is 9.27. The van der Waals surface area contributed by atoms with E-state index in [-0.39, 0.29) is 10.8 Å². The predicted molar refractivity (Wildman–Crippen MR) is 204 cm³/mol. The van der Waals surface area contributed by atoms with Crippen LogP contribution < -0.4 is 0 Å². The minimum Gasteiger partial charge on any atom is -0.396 e. The molecule has 1 atom stereocenters. The molecular formula is C38H74O9P2. The van der Waals surface area contributed by atoms with Crippen LogP contribution in [0.5, 0.6) is 0 Å². The fourth-order valence-corrected chi connectivity index (χ4v) is 6.81. The minimum absolute atomic E-state index is 0.190. The molecule has 0 saturated heterocycles. The van der Waals surface area contributed by atoms with Gasteiger partial charge >= 0.3 is 17.2 Å². The largest absolute Gasteiger partial charge is 0.396 e. The first-order valence-electron chi connectivity index (χ1n) is 18.6. The Labute approximate surface area is 301 Å². The van der Waals surface area contributed by atoms with E-state index in [0.29, 0.717) is 6.61 Å². The number of unbranched alkanes of at least 4 members (excludes halogenated alkanes) is 15. The van der Waals surface area contributed by atoms with Crippen LogP contribution in [0.2, 0.25) is 0 Å². The summed E-state index contributed by atoms with van der Waals surface area (Å²) in [5, 5.41) is 34.0. The van der Waals surface area contributed by atoms with Crippen molar-refractivity contribution in [2.24, 2.45) is 5.41 Å². The zero-order valence-electron chi connectivity index (χ0n) is 32.1. The molecule has 0 bridgehead atoms. The molecule has 0 heterocycles. The van der Waals surface area contributed by atoms with Crippen molar-refractivity contribution in [3.05, 3.63) is 34.4 Å². The summed E-state index contributed by atoms with van der Waals surface area (Å²) < 4.78 is 9.42. The molecule has 0 aliphatic carbocycles. The molecule has 1 unspecified atom stereocenters. The number of hydrogen-bond acceptors (Lipinski definition) is 9. The third kappa shape index (κ3) is 23.1. The van der Waals surface area contributed by atoms with E-state index < -0.39 is 49.0 Å². The molecule has 7 N–H and O–H groups in total. The molecule has 0 aliphatic heterocycles. The lowest BCUT2D eigenvalue weighted by Gasteiger charge is -2.31. The van der Waals surface area contributed by atoms with Crippen LogP contribution in [0.3, 0.4) is 0 Å². The average molecular weight is 737 g/mol. The fourth-order valence-electron chi connectivity index (χ4n) is 5.83. The quantitative estimate of drug-likeness (QED) is 0.0364. The third-order valence-corrected chi connectivity index (χ3v) is 10.6. The number of aliphatic hydroxyl groups is 4. The molecule has 0 spiro atoms. The Balaban J connectivity index is 0.00000223. The van der Waals surface area contributed by atoms with Crippen molar-refractivity contribution >= 4 is 17.2 Å². The monoisotopic (exact) mass is 736 g/mol. The second kappa shape index (κ2) is 27.3. The molecule has 290 valence electrons. The highest BCUT2D eigenvalue weighted by Crippen LogP contribution is 2.46. The van der Waals surface area contributed by atoms with Crippen LogP contribution >= 0.6 is 17.2 Å². The topological polar surface area (TPSA) is 160 Å². The van der Waals surface area contributed by atoms with E-state index in [9.17, 15) is 4.89 Å². The van der Waals surface area contributed by atoms with E-state index in [4.69, 9.17) is 34.7 Å². The zero-order chi connectivity index (χ0) is 37.3. The van der Waals surface area contributed by atoms with E-state index in [1.165, 1.54) is 102 Å². The summed E-state index contributed by atoms with van der Waals surface area (Å²) in [6.07, 6.45) is 21.9. The number of rotatable bonds is 26. The lowest BCUT2D eigenvalue weighted by molar-refractivity contribution is -0.0328. The van der Waals surface area contributed by atoms with Crippen LogP contribution in [0.25, 0.3) is 0 Å². The van der Waals surface area contributed by atoms with Crippen LogP contribution in [0.4, 0.5) is 0 Å². The molecule has 0 aromatic heterocycles. The van der Waals surface area contributed by atoms with Crippen molar-refractivity contribution in [1.29, 1.82) is 0 Å². The Morgan fingerprint density at radius 1 is 0.531 bits per heavy atom. The predicted octanol–water partition coefficient (Wildman–Crippen LogP) is 8.78. The van der Waals surface area contributed by atoms with Gasteiger partial charge in [-0.05, 0) is 53.7 Å². The number of hydrogen-bond donors (Lipinski definition) is 7. The molecule has 1 aromatic rings. The van der Waals surface area contributed by atoms with E-state index in [1.807, 2.05) is 0 Å². The highest BCUT2D eigenvalue weighted by atomic mass is 31.2. The Bertz CT molecular complexity index is 892. The van der Waals surface area contributed by atoms with Gasteiger partial charge in [0.25, 0.3) is 0 Å². The molecular weight excluding hydrogens is 662 g/mol. The first-order chi connectivity index (χ1) is 23.1. The molecule has 0 radical (unpaired) electrons. The summed E-state index contributed by atoms with van der Waals surface area (Å²) in [5.41, 5.74) is 5.38.